The fourth-order valence-electron chi connectivity index (χ4n) is 5.20. The third-order valence-electron chi connectivity index (χ3n) is 7.58. The van der Waals surface area contributed by atoms with Crippen LogP contribution in [-0.2, 0) is 19.0 Å². The molecule has 258 valence electrons. The number of carbonyl (C=O) groups is 1. The van der Waals surface area contributed by atoms with E-state index in [9.17, 15) is 4.79 Å². The van der Waals surface area contributed by atoms with Crippen LogP contribution in [0.5, 0.6) is 0 Å². The summed E-state index contributed by atoms with van der Waals surface area (Å²) in [5.41, 5.74) is 0.697. The maximum absolute atomic E-state index is 13.0. The van der Waals surface area contributed by atoms with Gasteiger partial charge in [-0.1, -0.05) is 0 Å². The average molecular weight is 681 g/mol. The molecule has 14 nitrogen and oxygen atoms in total. The van der Waals surface area contributed by atoms with Gasteiger partial charge in [0.2, 0.25) is 5.91 Å². The Hall–Kier alpha value is -2.18. The van der Waals surface area contributed by atoms with Crippen molar-refractivity contribution in [1.29, 1.82) is 0 Å². The molecule has 0 radical (unpaired) electrons. The molecule has 0 aromatic heterocycles. The van der Waals surface area contributed by atoms with Gasteiger partial charge in [-0.3, -0.25) is 4.79 Å². The Morgan fingerprint density at radius 3 is 1.70 bits per heavy atom. The minimum absolute atomic E-state index is 0.0397. The summed E-state index contributed by atoms with van der Waals surface area (Å²) in [7, 11) is 1.64. The lowest BCUT2D eigenvalue weighted by molar-refractivity contribution is -0.124. The van der Waals surface area contributed by atoms with Gasteiger partial charge in [-0.05, 0) is 48.7 Å². The monoisotopic (exact) mass is 680 g/mol. The van der Waals surface area contributed by atoms with E-state index in [2.05, 4.69) is 58.0 Å². The minimum Gasteiger partial charge on any atom is -0.382 e. The number of amides is 1. The Morgan fingerprint density at radius 1 is 0.761 bits per heavy atom. The number of isothiocyanates is 1. The van der Waals surface area contributed by atoms with Gasteiger partial charge >= 0.3 is 0 Å². The minimum atomic E-state index is -0.508. The number of hydrogen-bond donors (Lipinski definition) is 9. The van der Waals surface area contributed by atoms with Crippen molar-refractivity contribution in [3.63, 3.8) is 0 Å². The summed E-state index contributed by atoms with van der Waals surface area (Å²) in [6, 6.07) is 7.55. The van der Waals surface area contributed by atoms with Crippen molar-refractivity contribution in [2.75, 3.05) is 124 Å². The third-order valence-corrected chi connectivity index (χ3v) is 7.87. The van der Waals surface area contributed by atoms with Gasteiger partial charge in [0.05, 0.1) is 55.0 Å². The van der Waals surface area contributed by atoms with E-state index >= 15 is 0 Å². The molecular formula is C30H52N10O4S2. The van der Waals surface area contributed by atoms with Gasteiger partial charge in [0.15, 0.2) is 5.11 Å². The normalized spacial score (nSPS) is 23.3. The fourth-order valence-corrected chi connectivity index (χ4v) is 5.64. The van der Waals surface area contributed by atoms with E-state index < -0.39 is 11.1 Å². The molecule has 0 unspecified atom stereocenters. The highest BCUT2D eigenvalue weighted by Crippen LogP contribution is 2.16. The quantitative estimate of drug-likeness (QED) is 0.0703. The zero-order chi connectivity index (χ0) is 32.8. The highest BCUT2D eigenvalue weighted by Gasteiger charge is 2.33. The first-order valence-electron chi connectivity index (χ1n) is 16.0. The molecule has 9 N–H and O–H groups in total. The first-order valence-corrected chi connectivity index (χ1v) is 16.8. The number of hydrogen-bond acceptors (Lipinski definition) is 13. The van der Waals surface area contributed by atoms with Crippen LogP contribution in [0.4, 0.5) is 11.4 Å². The Kier molecular flexibility index (Phi) is 18.6. The largest absolute Gasteiger partial charge is 0.382 e. The summed E-state index contributed by atoms with van der Waals surface area (Å²) in [5, 5.41) is 34.7. The Balaban J connectivity index is 1.58. The van der Waals surface area contributed by atoms with E-state index in [1.54, 1.807) is 7.11 Å². The molecule has 46 heavy (non-hydrogen) atoms. The van der Waals surface area contributed by atoms with Crippen LogP contribution >= 0.6 is 24.4 Å². The van der Waals surface area contributed by atoms with Crippen molar-refractivity contribution in [3.05, 3.63) is 24.3 Å². The lowest BCUT2D eigenvalue weighted by Crippen LogP contribution is -2.68. The van der Waals surface area contributed by atoms with E-state index in [1.165, 1.54) is 0 Å². The molecule has 4 rings (SSSR count). The molecule has 3 fully saturated rings. The number of aliphatic imine (C=N–C) groups is 1. The van der Waals surface area contributed by atoms with E-state index in [4.69, 9.17) is 38.6 Å². The average Bonchev–Trinajstić information content (AvgIpc) is 3.04. The molecule has 0 spiro atoms. The highest BCUT2D eigenvalue weighted by molar-refractivity contribution is 7.80. The van der Waals surface area contributed by atoms with Crippen LogP contribution in [0.2, 0.25) is 0 Å². The fraction of sp³-hybridized carbons (Fsp3) is 0.700. The van der Waals surface area contributed by atoms with Gasteiger partial charge in [-0.15, -0.1) is 0 Å². The maximum atomic E-state index is 13.0. The van der Waals surface area contributed by atoms with Gasteiger partial charge in [0, 0.05) is 97.8 Å². The van der Waals surface area contributed by atoms with Crippen molar-refractivity contribution in [2.24, 2.45) is 4.99 Å². The highest BCUT2D eigenvalue weighted by atomic mass is 32.1. The molecule has 3 aliphatic heterocycles. The number of fused-ring (bicyclic) bond motifs is 15. The lowest BCUT2D eigenvalue weighted by atomic mass is 9.97. The van der Waals surface area contributed by atoms with Gasteiger partial charge in [-0.2, -0.15) is 4.99 Å². The van der Waals surface area contributed by atoms with Crippen LogP contribution in [0.25, 0.3) is 0 Å². The van der Waals surface area contributed by atoms with Gasteiger partial charge < -0.3 is 62.1 Å². The van der Waals surface area contributed by atoms with Crippen LogP contribution in [0.15, 0.2) is 29.3 Å². The van der Waals surface area contributed by atoms with Crippen molar-refractivity contribution in [2.45, 2.75) is 17.5 Å². The van der Waals surface area contributed by atoms with E-state index in [-0.39, 0.29) is 12.3 Å². The Labute approximate surface area is 283 Å². The topological polar surface area (TPSA) is 165 Å². The van der Waals surface area contributed by atoms with Crippen molar-refractivity contribution in [1.82, 2.24) is 42.5 Å². The van der Waals surface area contributed by atoms with Crippen LogP contribution < -0.4 is 47.9 Å². The summed E-state index contributed by atoms with van der Waals surface area (Å²) in [6.45, 7) is 10.7. The summed E-state index contributed by atoms with van der Waals surface area (Å²) < 4.78 is 16.0. The number of rotatable bonds is 13. The predicted octanol–water partition coefficient (Wildman–Crippen LogP) is -1.06. The van der Waals surface area contributed by atoms with E-state index in [1.807, 2.05) is 24.3 Å². The second-order valence-corrected chi connectivity index (χ2v) is 12.1. The molecule has 0 atom stereocenters. The smallest absolute Gasteiger partial charge is 0.222 e. The van der Waals surface area contributed by atoms with Crippen LogP contribution in [0.3, 0.4) is 0 Å². The predicted molar refractivity (Wildman–Crippen MR) is 189 cm³/mol. The Morgan fingerprint density at radius 2 is 1.22 bits per heavy atom. The number of benzene rings is 1. The molecule has 1 aromatic carbocycles. The van der Waals surface area contributed by atoms with Gasteiger partial charge in [0.25, 0.3) is 0 Å². The SMILES string of the molecule is COCCOCCOCCC(=O)NC12CNCCNCC(NC(=S)Nc3ccc(N=C=S)cc3)(CNCCNC1)CNCCNC2. The number of thiocarbonyl (C=S) groups is 2. The zero-order valence-corrected chi connectivity index (χ0v) is 28.6. The molecule has 0 saturated carbocycles. The summed E-state index contributed by atoms with van der Waals surface area (Å²) in [6.07, 6.45) is 0.282. The Bertz CT molecular complexity index is 1030. The molecule has 3 saturated heterocycles. The standard InChI is InChI=1S/C30H52N10O4S2/c1-42-14-15-44-17-16-43-13-6-27(41)39-29-18-31-7-10-34-21-30(22-35-11-8-32-19-29,23-36-12-9-33-20-29)40-28(46)38-26-4-2-25(3-5-26)37-24-45/h2-5,31-36H,6-23H2,1H3,(H,39,41)(H2,38,40,46). The number of nitrogens with one attached hydrogen (secondary N) is 9. The summed E-state index contributed by atoms with van der Waals surface area (Å²) >= 11 is 10.5. The van der Waals surface area contributed by atoms with E-state index in [0.29, 0.717) is 77.4 Å². The molecule has 1 amide bonds. The second-order valence-electron chi connectivity index (χ2n) is 11.5. The van der Waals surface area contributed by atoms with Gasteiger partial charge in [-0.25, -0.2) is 0 Å². The van der Waals surface area contributed by atoms with Gasteiger partial charge in [0.1, 0.15) is 0 Å². The molecule has 16 heteroatoms. The zero-order valence-electron chi connectivity index (χ0n) is 26.9. The van der Waals surface area contributed by atoms with Crippen molar-refractivity contribution >= 4 is 52.0 Å². The molecule has 3 aliphatic rings. The number of anilines is 1. The van der Waals surface area contributed by atoms with Crippen molar-refractivity contribution < 1.29 is 19.0 Å². The molecule has 2 bridgehead atoms. The molecular weight excluding hydrogens is 629 g/mol. The van der Waals surface area contributed by atoms with Crippen molar-refractivity contribution in [3.8, 4) is 0 Å². The molecule has 3 heterocycles. The summed E-state index contributed by atoms with van der Waals surface area (Å²) in [4.78, 5) is 17.1. The molecule has 0 aliphatic carbocycles. The first kappa shape index (κ1) is 38.3. The first-order chi connectivity index (χ1) is 22.5. The number of methoxy groups -OCH3 is 1. The van der Waals surface area contributed by atoms with E-state index in [0.717, 1.165) is 50.6 Å². The number of carbonyl (C=O) groups excluding carboxylic acids is 1. The maximum Gasteiger partial charge on any atom is 0.222 e. The number of ether oxygens (including phenoxy) is 3. The second kappa shape index (κ2) is 22.4. The summed E-state index contributed by atoms with van der Waals surface area (Å²) in [5.74, 6) is -0.0397. The van der Waals surface area contributed by atoms with Crippen LogP contribution in [0.1, 0.15) is 6.42 Å². The molecule has 1 aromatic rings. The third kappa shape index (κ3) is 15.2. The van der Waals surface area contributed by atoms with Crippen LogP contribution in [0, 0.1) is 0 Å². The lowest BCUT2D eigenvalue weighted by Gasteiger charge is -2.39. The number of nitrogens with zero attached hydrogens (tertiary/aromatic N) is 1. The van der Waals surface area contributed by atoms with Crippen LogP contribution in [-0.4, -0.2) is 146 Å².